The lowest BCUT2D eigenvalue weighted by molar-refractivity contribution is 0.0548. The van der Waals surface area contributed by atoms with Crippen molar-refractivity contribution in [1.29, 1.82) is 0 Å². The molecule has 1 aliphatic heterocycles. The fourth-order valence-electron chi connectivity index (χ4n) is 2.43. The van der Waals surface area contributed by atoms with Crippen molar-refractivity contribution in [3.8, 4) is 0 Å². The van der Waals surface area contributed by atoms with E-state index < -0.39 is 39.5 Å². The Balaban J connectivity index is 1.88. The van der Waals surface area contributed by atoms with Gasteiger partial charge in [-0.25, -0.2) is 21.6 Å². The summed E-state index contributed by atoms with van der Waals surface area (Å²) in [6, 6.07) is 4.59. The number of carbonyl (C=O) groups excluding carboxylic acids is 1. The van der Waals surface area contributed by atoms with Crippen LogP contribution in [0.25, 0.3) is 0 Å². The van der Waals surface area contributed by atoms with Gasteiger partial charge >= 0.3 is 0 Å². The molecular formula is C16H12ClF3N2O4S. The maximum atomic E-state index is 13.2. The maximum absolute atomic E-state index is 13.2. The largest absolute Gasteiger partial charge is 0.390 e. The van der Waals surface area contributed by atoms with Crippen LogP contribution in [0.3, 0.4) is 0 Å². The van der Waals surface area contributed by atoms with E-state index in [1.165, 1.54) is 12.1 Å². The smallest absolute Gasteiger partial charge is 0.255 e. The van der Waals surface area contributed by atoms with Crippen molar-refractivity contribution in [3.63, 3.8) is 0 Å². The molecule has 0 bridgehead atoms. The van der Waals surface area contributed by atoms with Crippen LogP contribution in [0.15, 0.2) is 35.2 Å². The zero-order valence-electron chi connectivity index (χ0n) is 13.4. The van der Waals surface area contributed by atoms with Gasteiger partial charge in [0.05, 0.1) is 11.1 Å². The molecule has 0 saturated carbocycles. The van der Waals surface area contributed by atoms with Crippen LogP contribution in [-0.2, 0) is 10.0 Å². The summed E-state index contributed by atoms with van der Waals surface area (Å²) in [5.74, 6) is -5.52. The van der Waals surface area contributed by atoms with Gasteiger partial charge in [-0.1, -0.05) is 11.6 Å². The second-order valence-electron chi connectivity index (χ2n) is 5.83. The number of aliphatic hydroxyl groups excluding tert-OH is 1. The van der Waals surface area contributed by atoms with Gasteiger partial charge in [0, 0.05) is 36.5 Å². The Bertz CT molecular complexity index is 1000. The highest BCUT2D eigenvalue weighted by molar-refractivity contribution is 7.89. The molecule has 0 aromatic heterocycles. The molecule has 0 radical (unpaired) electrons. The predicted octanol–water partition coefficient (Wildman–Crippen LogP) is 2.37. The van der Waals surface area contributed by atoms with E-state index in [-0.39, 0.29) is 34.3 Å². The van der Waals surface area contributed by atoms with E-state index in [1.807, 2.05) is 0 Å². The van der Waals surface area contributed by atoms with E-state index >= 15 is 0 Å². The molecule has 6 nitrogen and oxygen atoms in total. The van der Waals surface area contributed by atoms with Crippen LogP contribution in [-0.4, -0.2) is 42.9 Å². The number of anilines is 1. The molecule has 0 spiro atoms. The molecule has 27 heavy (non-hydrogen) atoms. The van der Waals surface area contributed by atoms with Gasteiger partial charge in [-0.15, -0.1) is 0 Å². The second kappa shape index (κ2) is 7.12. The molecule has 0 atom stereocenters. The highest BCUT2D eigenvalue weighted by atomic mass is 35.5. The van der Waals surface area contributed by atoms with Crippen molar-refractivity contribution in [3.05, 3.63) is 58.4 Å². The van der Waals surface area contributed by atoms with Crippen molar-refractivity contribution in [1.82, 2.24) is 4.31 Å². The molecular weight excluding hydrogens is 409 g/mol. The van der Waals surface area contributed by atoms with Crippen molar-refractivity contribution >= 4 is 33.2 Å². The van der Waals surface area contributed by atoms with Crippen molar-refractivity contribution in [2.24, 2.45) is 0 Å². The van der Waals surface area contributed by atoms with Crippen LogP contribution in [0.5, 0.6) is 0 Å². The number of sulfonamides is 1. The molecule has 1 heterocycles. The van der Waals surface area contributed by atoms with Crippen LogP contribution in [0.4, 0.5) is 18.9 Å². The summed E-state index contributed by atoms with van der Waals surface area (Å²) >= 11 is 5.93. The third kappa shape index (κ3) is 3.79. The number of halogens is 4. The number of β-amino-alcohol motifs (C(OH)–C–C–N with tert-alkyl or cyclic N) is 1. The number of carbonyl (C=O) groups is 1. The molecule has 1 fully saturated rings. The Hall–Kier alpha value is -2.14. The topological polar surface area (TPSA) is 86.7 Å². The first kappa shape index (κ1) is 19.6. The fourth-order valence-corrected chi connectivity index (χ4v) is 4.44. The van der Waals surface area contributed by atoms with Gasteiger partial charge in [-0.3, -0.25) is 4.79 Å². The van der Waals surface area contributed by atoms with Crippen LogP contribution in [0, 0.1) is 17.5 Å². The number of nitrogens with zero attached hydrogens (tertiary/aromatic N) is 1. The molecule has 3 rings (SSSR count). The molecule has 2 aromatic rings. The van der Waals surface area contributed by atoms with Crippen molar-refractivity contribution in [2.75, 3.05) is 18.4 Å². The van der Waals surface area contributed by atoms with Gasteiger partial charge in [-0.05, 0) is 18.2 Å². The van der Waals surface area contributed by atoms with E-state index in [0.29, 0.717) is 12.1 Å². The van der Waals surface area contributed by atoms with Gasteiger partial charge in [0.1, 0.15) is 4.90 Å². The molecule has 2 aromatic carbocycles. The summed E-state index contributed by atoms with van der Waals surface area (Å²) in [5, 5.41) is 11.3. The Morgan fingerprint density at radius 1 is 1.15 bits per heavy atom. The summed E-state index contributed by atoms with van der Waals surface area (Å²) in [6.07, 6.45) is -0.770. The van der Waals surface area contributed by atoms with E-state index in [0.717, 1.165) is 10.4 Å². The van der Waals surface area contributed by atoms with E-state index in [9.17, 15) is 31.5 Å². The first-order valence-electron chi connectivity index (χ1n) is 7.53. The number of aliphatic hydroxyl groups is 1. The third-order valence-corrected chi connectivity index (χ3v) is 6.19. The zero-order chi connectivity index (χ0) is 19.9. The molecule has 144 valence electrons. The van der Waals surface area contributed by atoms with Gasteiger partial charge in [0.15, 0.2) is 17.5 Å². The van der Waals surface area contributed by atoms with Crippen molar-refractivity contribution in [2.45, 2.75) is 11.0 Å². The fraction of sp³-hybridized carbons (Fsp3) is 0.188. The molecule has 1 aliphatic rings. The monoisotopic (exact) mass is 420 g/mol. The molecule has 0 aliphatic carbocycles. The minimum absolute atomic E-state index is 0.0940. The van der Waals surface area contributed by atoms with Crippen LogP contribution < -0.4 is 5.32 Å². The summed E-state index contributed by atoms with van der Waals surface area (Å²) in [4.78, 5) is 11.9. The zero-order valence-corrected chi connectivity index (χ0v) is 15.0. The Morgan fingerprint density at radius 2 is 1.74 bits per heavy atom. The number of hydrogen-bond acceptors (Lipinski definition) is 4. The standard InChI is InChI=1S/C16H12ClF3N2O4S/c17-11-2-1-8(3-14(11)27(25,26)22-6-10(23)7-22)16(24)21-9-4-12(18)15(20)13(19)5-9/h1-5,10,23H,6-7H2,(H,21,24). The molecule has 1 amide bonds. The SMILES string of the molecule is O=C(Nc1cc(F)c(F)c(F)c1)c1ccc(Cl)c(S(=O)(=O)N2CC(O)C2)c1. The lowest BCUT2D eigenvalue weighted by atomic mass is 10.2. The number of nitrogens with one attached hydrogen (secondary N) is 1. The van der Waals surface area contributed by atoms with Crippen LogP contribution >= 0.6 is 11.6 Å². The average Bonchev–Trinajstić information content (AvgIpc) is 2.56. The number of benzene rings is 2. The lowest BCUT2D eigenvalue weighted by Gasteiger charge is -2.34. The van der Waals surface area contributed by atoms with Gasteiger partial charge in [0.2, 0.25) is 10.0 Å². The van der Waals surface area contributed by atoms with Gasteiger partial charge < -0.3 is 10.4 Å². The first-order valence-corrected chi connectivity index (χ1v) is 9.35. The van der Waals surface area contributed by atoms with Crippen LogP contribution in [0.1, 0.15) is 10.4 Å². The molecule has 2 N–H and O–H groups in total. The van der Waals surface area contributed by atoms with E-state index in [4.69, 9.17) is 11.6 Å². The molecule has 11 heteroatoms. The Labute approximate surface area is 157 Å². The third-order valence-electron chi connectivity index (χ3n) is 3.88. The second-order valence-corrected chi connectivity index (χ2v) is 8.14. The number of hydrogen-bond donors (Lipinski definition) is 2. The highest BCUT2D eigenvalue weighted by Gasteiger charge is 2.37. The summed E-state index contributed by atoms with van der Waals surface area (Å²) < 4.78 is 65.5. The van der Waals surface area contributed by atoms with Crippen molar-refractivity contribution < 1.29 is 31.5 Å². The first-order chi connectivity index (χ1) is 12.6. The normalized spacial score (nSPS) is 15.4. The summed E-state index contributed by atoms with van der Waals surface area (Å²) in [5.41, 5.74) is -0.495. The Kier molecular flexibility index (Phi) is 5.17. The van der Waals surface area contributed by atoms with E-state index in [1.54, 1.807) is 0 Å². The number of amides is 1. The highest BCUT2D eigenvalue weighted by Crippen LogP contribution is 2.29. The maximum Gasteiger partial charge on any atom is 0.255 e. The minimum atomic E-state index is -4.02. The van der Waals surface area contributed by atoms with Crippen LogP contribution in [0.2, 0.25) is 5.02 Å². The Morgan fingerprint density at radius 3 is 2.30 bits per heavy atom. The van der Waals surface area contributed by atoms with E-state index in [2.05, 4.69) is 5.32 Å². The lowest BCUT2D eigenvalue weighted by Crippen LogP contribution is -2.53. The van der Waals surface area contributed by atoms with Gasteiger partial charge in [0.25, 0.3) is 5.91 Å². The summed E-state index contributed by atoms with van der Waals surface area (Å²) in [6.45, 7) is -0.188. The summed E-state index contributed by atoms with van der Waals surface area (Å²) in [7, 11) is -4.02. The predicted molar refractivity (Wildman–Crippen MR) is 90.5 cm³/mol. The quantitative estimate of drug-likeness (QED) is 0.743. The number of rotatable bonds is 4. The average molecular weight is 421 g/mol. The van der Waals surface area contributed by atoms with Gasteiger partial charge in [-0.2, -0.15) is 4.31 Å². The minimum Gasteiger partial charge on any atom is -0.390 e. The molecule has 1 saturated heterocycles. The molecule has 0 unspecified atom stereocenters.